The van der Waals surface area contributed by atoms with Gasteiger partial charge in [0.2, 0.25) is 0 Å². The van der Waals surface area contributed by atoms with Crippen LogP contribution in [0.1, 0.15) is 16.8 Å². The molecule has 1 aromatic heterocycles. The number of benzene rings is 1. The van der Waals surface area contributed by atoms with Crippen molar-refractivity contribution in [1.29, 1.82) is 5.26 Å². The average molecular weight is 237 g/mol. The molecule has 0 aliphatic rings. The van der Waals surface area contributed by atoms with Crippen LogP contribution in [-0.4, -0.2) is 12.0 Å². The smallest absolute Gasteiger partial charge is 0.0991 e. The van der Waals surface area contributed by atoms with Crippen LogP contribution in [0.3, 0.4) is 0 Å². The van der Waals surface area contributed by atoms with Crippen LogP contribution in [0.5, 0.6) is 0 Å². The van der Waals surface area contributed by atoms with Crippen molar-refractivity contribution < 1.29 is 0 Å². The van der Waals surface area contributed by atoms with E-state index in [1.165, 1.54) is 0 Å². The fourth-order valence-electron chi connectivity index (χ4n) is 1.87. The molecule has 1 heterocycles. The minimum Gasteiger partial charge on any atom is -0.370 e. The first kappa shape index (κ1) is 12.1. The Morgan fingerprint density at radius 3 is 2.83 bits per heavy atom. The van der Waals surface area contributed by atoms with Crippen molar-refractivity contribution >= 4 is 5.69 Å². The van der Waals surface area contributed by atoms with E-state index >= 15 is 0 Å². The Balaban J connectivity index is 2.16. The van der Waals surface area contributed by atoms with Crippen molar-refractivity contribution in [1.82, 2.24) is 4.98 Å². The van der Waals surface area contributed by atoms with Crippen molar-refractivity contribution in [2.24, 2.45) is 0 Å². The van der Waals surface area contributed by atoms with Crippen LogP contribution < -0.4 is 4.90 Å². The third-order valence-corrected chi connectivity index (χ3v) is 2.80. The van der Waals surface area contributed by atoms with Crippen molar-refractivity contribution in [3.63, 3.8) is 0 Å². The molecule has 1 aromatic carbocycles. The second kappa shape index (κ2) is 5.33. The number of hydrogen-bond acceptors (Lipinski definition) is 3. The summed E-state index contributed by atoms with van der Waals surface area (Å²) in [6.45, 7) is 2.76. The highest BCUT2D eigenvalue weighted by Gasteiger charge is 2.03. The fourth-order valence-corrected chi connectivity index (χ4v) is 1.87. The van der Waals surface area contributed by atoms with E-state index in [2.05, 4.69) is 16.0 Å². The Bertz CT molecular complexity index is 584. The van der Waals surface area contributed by atoms with Gasteiger partial charge in [0.25, 0.3) is 0 Å². The lowest BCUT2D eigenvalue weighted by atomic mass is 10.1. The Hall–Kier alpha value is -2.34. The normalized spacial score (nSPS) is 9.83. The molecule has 0 fully saturated rings. The number of pyridine rings is 1. The molecule has 0 unspecified atom stereocenters. The second-order valence-electron chi connectivity index (χ2n) is 4.32. The Morgan fingerprint density at radius 1 is 1.28 bits per heavy atom. The minimum atomic E-state index is 0.701. The SMILES string of the molecule is Cc1cc(N(C)Cc2cccc(C#N)c2)ccn1. The fraction of sp³-hybridized carbons (Fsp3) is 0.200. The molecule has 0 bridgehead atoms. The molecule has 0 spiro atoms. The van der Waals surface area contributed by atoms with E-state index in [1.807, 2.05) is 56.6 Å². The van der Waals surface area contributed by atoms with Gasteiger partial charge in [-0.1, -0.05) is 12.1 Å². The van der Waals surface area contributed by atoms with Gasteiger partial charge >= 0.3 is 0 Å². The first-order valence-electron chi connectivity index (χ1n) is 5.82. The van der Waals surface area contributed by atoms with Crippen molar-refractivity contribution in [2.75, 3.05) is 11.9 Å². The third-order valence-electron chi connectivity index (χ3n) is 2.80. The summed E-state index contributed by atoms with van der Waals surface area (Å²) in [6.07, 6.45) is 1.81. The zero-order valence-corrected chi connectivity index (χ0v) is 10.6. The monoisotopic (exact) mass is 237 g/mol. The molecule has 2 rings (SSSR count). The molecular weight excluding hydrogens is 222 g/mol. The molecule has 0 aliphatic carbocycles. The van der Waals surface area contributed by atoms with Crippen LogP contribution in [0.15, 0.2) is 42.6 Å². The molecule has 3 heteroatoms. The second-order valence-corrected chi connectivity index (χ2v) is 4.32. The molecule has 0 aliphatic heterocycles. The number of nitriles is 1. The van der Waals surface area contributed by atoms with E-state index in [0.717, 1.165) is 23.5 Å². The number of rotatable bonds is 3. The van der Waals surface area contributed by atoms with E-state index in [0.29, 0.717) is 5.56 Å². The quantitative estimate of drug-likeness (QED) is 0.824. The molecule has 0 amide bonds. The molecule has 0 saturated heterocycles. The zero-order chi connectivity index (χ0) is 13.0. The summed E-state index contributed by atoms with van der Waals surface area (Å²) < 4.78 is 0. The van der Waals surface area contributed by atoms with Crippen molar-refractivity contribution in [2.45, 2.75) is 13.5 Å². The molecule has 0 radical (unpaired) electrons. The number of nitrogens with zero attached hydrogens (tertiary/aromatic N) is 3. The maximum Gasteiger partial charge on any atom is 0.0991 e. The summed E-state index contributed by atoms with van der Waals surface area (Å²) in [5, 5.41) is 8.88. The molecular formula is C15H15N3. The number of anilines is 1. The van der Waals surface area contributed by atoms with Gasteiger partial charge in [-0.3, -0.25) is 4.98 Å². The van der Waals surface area contributed by atoms with E-state index < -0.39 is 0 Å². The number of aromatic nitrogens is 1. The topological polar surface area (TPSA) is 39.9 Å². The molecule has 0 atom stereocenters. The van der Waals surface area contributed by atoms with E-state index in [9.17, 15) is 0 Å². The van der Waals surface area contributed by atoms with E-state index in [1.54, 1.807) is 0 Å². The lowest BCUT2D eigenvalue weighted by Gasteiger charge is -2.19. The minimum absolute atomic E-state index is 0.701. The highest BCUT2D eigenvalue weighted by molar-refractivity contribution is 5.46. The van der Waals surface area contributed by atoms with Crippen LogP contribution in [0.4, 0.5) is 5.69 Å². The van der Waals surface area contributed by atoms with E-state index in [4.69, 9.17) is 5.26 Å². The van der Waals surface area contributed by atoms with Crippen LogP contribution in [0, 0.1) is 18.3 Å². The van der Waals surface area contributed by atoms with Gasteiger partial charge in [-0.05, 0) is 36.8 Å². The maximum absolute atomic E-state index is 8.88. The van der Waals surface area contributed by atoms with Gasteiger partial charge in [0, 0.05) is 31.2 Å². The van der Waals surface area contributed by atoms with Gasteiger partial charge in [0.05, 0.1) is 11.6 Å². The largest absolute Gasteiger partial charge is 0.370 e. The Morgan fingerprint density at radius 2 is 2.11 bits per heavy atom. The number of aryl methyl sites for hydroxylation is 1. The third kappa shape index (κ3) is 2.86. The van der Waals surface area contributed by atoms with Gasteiger partial charge in [0.1, 0.15) is 0 Å². The summed E-state index contributed by atoms with van der Waals surface area (Å²) in [5.41, 5.74) is 3.97. The zero-order valence-electron chi connectivity index (χ0n) is 10.6. The van der Waals surface area contributed by atoms with Gasteiger partial charge in [-0.25, -0.2) is 0 Å². The molecule has 3 nitrogen and oxygen atoms in total. The Labute approximate surface area is 107 Å². The van der Waals surface area contributed by atoms with Crippen molar-refractivity contribution in [3.8, 4) is 6.07 Å². The van der Waals surface area contributed by atoms with Gasteiger partial charge < -0.3 is 4.90 Å². The first-order valence-corrected chi connectivity index (χ1v) is 5.82. The summed E-state index contributed by atoms with van der Waals surface area (Å²) in [7, 11) is 2.04. The summed E-state index contributed by atoms with van der Waals surface area (Å²) in [6, 6.07) is 13.9. The molecule has 0 saturated carbocycles. The van der Waals surface area contributed by atoms with Gasteiger partial charge in [-0.2, -0.15) is 5.26 Å². The van der Waals surface area contributed by atoms with E-state index in [-0.39, 0.29) is 0 Å². The first-order chi connectivity index (χ1) is 8.69. The highest BCUT2D eigenvalue weighted by Crippen LogP contribution is 2.16. The lowest BCUT2D eigenvalue weighted by molar-refractivity contribution is 0.917. The summed E-state index contributed by atoms with van der Waals surface area (Å²) >= 11 is 0. The van der Waals surface area contributed by atoms with Gasteiger partial charge in [0.15, 0.2) is 0 Å². The Kier molecular flexibility index (Phi) is 3.59. The summed E-state index contributed by atoms with van der Waals surface area (Å²) in [4.78, 5) is 6.33. The van der Waals surface area contributed by atoms with Gasteiger partial charge in [-0.15, -0.1) is 0 Å². The van der Waals surface area contributed by atoms with Crippen LogP contribution in [0.25, 0.3) is 0 Å². The molecule has 2 aromatic rings. The average Bonchev–Trinajstić information content (AvgIpc) is 2.39. The summed E-state index contributed by atoms with van der Waals surface area (Å²) in [5.74, 6) is 0. The van der Waals surface area contributed by atoms with Crippen LogP contribution >= 0.6 is 0 Å². The predicted molar refractivity (Wildman–Crippen MR) is 72.2 cm³/mol. The molecule has 18 heavy (non-hydrogen) atoms. The molecule has 90 valence electrons. The standard InChI is InChI=1S/C15H15N3/c1-12-8-15(6-7-17-12)18(2)11-14-5-3-4-13(9-14)10-16/h3-9H,11H2,1-2H3. The maximum atomic E-state index is 8.88. The highest BCUT2D eigenvalue weighted by atomic mass is 15.1. The van der Waals surface area contributed by atoms with Crippen molar-refractivity contribution in [3.05, 3.63) is 59.4 Å². The predicted octanol–water partition coefficient (Wildman–Crippen LogP) is 2.90. The number of hydrogen-bond donors (Lipinski definition) is 0. The van der Waals surface area contributed by atoms with Crippen LogP contribution in [0.2, 0.25) is 0 Å². The molecule has 0 N–H and O–H groups in total. The van der Waals surface area contributed by atoms with Crippen LogP contribution in [-0.2, 0) is 6.54 Å². The lowest BCUT2D eigenvalue weighted by Crippen LogP contribution is -2.16.